The molecule has 1 atom stereocenters. The van der Waals surface area contributed by atoms with Crippen molar-refractivity contribution in [2.45, 2.75) is 23.6 Å². The van der Waals surface area contributed by atoms with Gasteiger partial charge < -0.3 is 0 Å². The molecule has 0 radical (unpaired) electrons. The topological polar surface area (TPSA) is 80.6 Å². The van der Waals surface area contributed by atoms with Crippen LogP contribution in [0.2, 0.25) is 5.02 Å². The highest BCUT2D eigenvalue weighted by molar-refractivity contribution is 7.96. The summed E-state index contributed by atoms with van der Waals surface area (Å²) in [6.07, 6.45) is 2.27. The molecule has 0 unspecified atom stereocenters. The van der Waals surface area contributed by atoms with E-state index in [4.69, 9.17) is 11.6 Å². The lowest BCUT2D eigenvalue weighted by atomic mass is 10.2. The van der Waals surface area contributed by atoms with Crippen LogP contribution in [0.3, 0.4) is 0 Å². The Morgan fingerprint density at radius 2 is 1.46 bits per heavy atom. The van der Waals surface area contributed by atoms with Crippen LogP contribution in [0, 0.1) is 6.92 Å². The summed E-state index contributed by atoms with van der Waals surface area (Å²) in [5.74, 6) is -0.692. The van der Waals surface area contributed by atoms with E-state index in [1.807, 2.05) is 6.92 Å². The van der Waals surface area contributed by atoms with Crippen LogP contribution in [0.1, 0.15) is 12.5 Å². The molecule has 0 aliphatic heterocycles. The van der Waals surface area contributed by atoms with Gasteiger partial charge in [-0.05, 0) is 50.2 Å². The molecular formula is C18H18ClNO4S2. The lowest BCUT2D eigenvalue weighted by Crippen LogP contribution is -2.11. The van der Waals surface area contributed by atoms with Gasteiger partial charge in [0.25, 0.3) is 0 Å². The Labute approximate surface area is 158 Å². The Hall–Kier alpha value is -1.96. The molecule has 26 heavy (non-hydrogen) atoms. The number of Topliss-reactive ketones (excluding diaryl/α,β-unsaturated/α-hetero) is 1. The van der Waals surface area contributed by atoms with Gasteiger partial charge >= 0.3 is 0 Å². The molecule has 0 aliphatic carbocycles. The minimum absolute atomic E-state index is 0.0866. The Morgan fingerprint density at radius 1 is 0.962 bits per heavy atom. The summed E-state index contributed by atoms with van der Waals surface area (Å²) >= 11 is 5.77. The monoisotopic (exact) mass is 411 g/mol. The van der Waals surface area contributed by atoms with Crippen LogP contribution in [0.4, 0.5) is 0 Å². The number of hydrogen-bond donors (Lipinski definition) is 0. The van der Waals surface area contributed by atoms with Crippen molar-refractivity contribution in [2.75, 3.05) is 6.26 Å². The second-order valence-corrected chi connectivity index (χ2v) is 10.4. The first-order valence-electron chi connectivity index (χ1n) is 7.54. The molecule has 0 aliphatic rings. The fourth-order valence-corrected chi connectivity index (χ4v) is 4.67. The number of benzene rings is 2. The largest absolute Gasteiger partial charge is 0.294 e. The molecule has 0 spiro atoms. The molecular weight excluding hydrogens is 394 g/mol. The van der Waals surface area contributed by atoms with E-state index < -0.39 is 30.3 Å². The molecule has 0 saturated heterocycles. The molecule has 2 aromatic rings. The van der Waals surface area contributed by atoms with Gasteiger partial charge in [-0.1, -0.05) is 29.3 Å². The quantitative estimate of drug-likeness (QED) is 0.696. The van der Waals surface area contributed by atoms with E-state index in [-0.39, 0.29) is 4.90 Å². The average molecular weight is 412 g/mol. The third kappa shape index (κ3) is 4.60. The molecule has 0 saturated carbocycles. The van der Waals surface area contributed by atoms with Crippen LogP contribution in [0.15, 0.2) is 73.8 Å². The molecule has 0 bridgehead atoms. The Kier molecular flexibility index (Phi) is 6.05. The lowest BCUT2D eigenvalue weighted by molar-refractivity contribution is -0.113. The number of sulfone groups is 1. The first-order valence-corrected chi connectivity index (χ1v) is 11.3. The van der Waals surface area contributed by atoms with Crippen molar-refractivity contribution in [3.05, 3.63) is 70.2 Å². The van der Waals surface area contributed by atoms with Gasteiger partial charge in [0.15, 0.2) is 5.78 Å². The van der Waals surface area contributed by atoms with Gasteiger partial charge in [-0.3, -0.25) is 4.79 Å². The fraction of sp³-hybridized carbons (Fsp3) is 0.167. The molecule has 0 N–H and O–H groups in total. The van der Waals surface area contributed by atoms with Gasteiger partial charge in [0.05, 0.1) is 20.8 Å². The lowest BCUT2D eigenvalue weighted by Gasteiger charge is -2.07. The van der Waals surface area contributed by atoms with Crippen molar-refractivity contribution in [3.8, 4) is 0 Å². The third-order valence-electron chi connectivity index (χ3n) is 3.59. The van der Waals surface area contributed by atoms with Gasteiger partial charge in [0.2, 0.25) is 9.84 Å². The summed E-state index contributed by atoms with van der Waals surface area (Å²) in [4.78, 5) is 11.7. The van der Waals surface area contributed by atoms with E-state index in [1.54, 1.807) is 24.3 Å². The average Bonchev–Trinajstić information content (AvgIpc) is 2.55. The zero-order valence-electron chi connectivity index (χ0n) is 14.5. The highest BCUT2D eigenvalue weighted by atomic mass is 35.5. The van der Waals surface area contributed by atoms with E-state index >= 15 is 0 Å². The number of hydrogen-bond acceptors (Lipinski definition) is 5. The van der Waals surface area contributed by atoms with Gasteiger partial charge in [-0.25, -0.2) is 17.0 Å². The number of nitrogens with zero attached hydrogens (tertiary/aromatic N) is 1. The van der Waals surface area contributed by atoms with Crippen LogP contribution in [-0.2, 0) is 24.4 Å². The molecule has 0 amide bonds. The highest BCUT2D eigenvalue weighted by Gasteiger charge is 2.24. The van der Waals surface area contributed by atoms with E-state index in [1.165, 1.54) is 30.5 Å². The Morgan fingerprint density at radius 3 is 1.96 bits per heavy atom. The van der Waals surface area contributed by atoms with E-state index in [2.05, 4.69) is 4.36 Å². The van der Waals surface area contributed by atoms with Gasteiger partial charge in [-0.2, -0.15) is 0 Å². The van der Waals surface area contributed by atoms with Crippen LogP contribution < -0.4 is 0 Å². The second-order valence-electron chi connectivity index (χ2n) is 5.73. The number of aryl methyl sites for hydroxylation is 1. The van der Waals surface area contributed by atoms with E-state index in [9.17, 15) is 17.4 Å². The summed E-state index contributed by atoms with van der Waals surface area (Å²) in [6.45, 7) is 3.02. The molecule has 0 aromatic heterocycles. The van der Waals surface area contributed by atoms with Crippen LogP contribution in [-0.4, -0.2) is 24.7 Å². The van der Waals surface area contributed by atoms with Crippen molar-refractivity contribution in [1.29, 1.82) is 0 Å². The SMILES string of the molecule is CC(=O)/C(=C\N=[S@@](C)(=O)c1ccc(C)cc1)S(=O)(=O)c1ccc(Cl)cc1. The minimum Gasteiger partial charge on any atom is -0.294 e. The fourth-order valence-electron chi connectivity index (χ4n) is 2.09. The normalized spacial score (nSPS) is 14.5. The number of allylic oxidation sites excluding steroid dienone is 1. The van der Waals surface area contributed by atoms with Crippen molar-refractivity contribution < 1.29 is 17.4 Å². The molecule has 8 heteroatoms. The number of carbonyl (C=O) groups excluding carboxylic acids is 1. The van der Waals surface area contributed by atoms with Gasteiger partial charge in [0, 0.05) is 16.2 Å². The number of rotatable bonds is 5. The van der Waals surface area contributed by atoms with Gasteiger partial charge in [-0.15, -0.1) is 0 Å². The Balaban J connectivity index is 2.56. The van der Waals surface area contributed by atoms with Crippen LogP contribution in [0.25, 0.3) is 0 Å². The van der Waals surface area contributed by atoms with Crippen LogP contribution in [0.5, 0.6) is 0 Å². The molecule has 2 aromatic carbocycles. The summed E-state index contributed by atoms with van der Waals surface area (Å²) in [7, 11) is -6.99. The molecule has 2 rings (SSSR count). The second kappa shape index (κ2) is 7.73. The summed E-state index contributed by atoms with van der Waals surface area (Å²) in [6, 6.07) is 12.3. The van der Waals surface area contributed by atoms with Crippen molar-refractivity contribution in [2.24, 2.45) is 4.36 Å². The number of halogens is 1. The zero-order chi connectivity index (χ0) is 19.5. The van der Waals surface area contributed by atoms with Gasteiger partial charge in [0.1, 0.15) is 4.91 Å². The molecule has 0 heterocycles. The first kappa shape index (κ1) is 20.4. The predicted octanol–water partition coefficient (Wildman–Crippen LogP) is 4.01. The van der Waals surface area contributed by atoms with E-state index in [0.29, 0.717) is 9.92 Å². The number of carbonyl (C=O) groups is 1. The van der Waals surface area contributed by atoms with Crippen LogP contribution >= 0.6 is 11.6 Å². The highest BCUT2D eigenvalue weighted by Crippen LogP contribution is 2.23. The zero-order valence-corrected chi connectivity index (χ0v) is 16.9. The maximum Gasteiger partial charge on any atom is 0.211 e. The van der Waals surface area contributed by atoms with Crippen molar-refractivity contribution in [1.82, 2.24) is 0 Å². The van der Waals surface area contributed by atoms with E-state index in [0.717, 1.165) is 18.7 Å². The predicted molar refractivity (Wildman–Crippen MR) is 103 cm³/mol. The summed E-state index contributed by atoms with van der Waals surface area (Å²) in [5.41, 5.74) is 0.995. The third-order valence-corrected chi connectivity index (χ3v) is 7.36. The number of ketones is 1. The summed E-state index contributed by atoms with van der Waals surface area (Å²) in [5, 5.41) is 0.373. The molecule has 0 fully saturated rings. The maximum absolute atomic E-state index is 12.8. The maximum atomic E-state index is 12.8. The summed E-state index contributed by atoms with van der Waals surface area (Å²) < 4.78 is 42.1. The van der Waals surface area contributed by atoms with Crippen molar-refractivity contribution in [3.63, 3.8) is 0 Å². The van der Waals surface area contributed by atoms with Crippen molar-refractivity contribution >= 4 is 37.0 Å². The Bertz CT molecular complexity index is 1080. The standard InChI is InChI=1S/C18H18ClNO4S2/c1-13-4-8-16(9-5-13)25(3,22)20-12-18(14(2)21)26(23,24)17-10-6-15(19)7-11-17/h4-12H,1-3H3/b18-12+/t25-/m0/s1. The first-order chi connectivity index (χ1) is 12.0. The molecule has 138 valence electrons. The smallest absolute Gasteiger partial charge is 0.211 e. The minimum atomic E-state index is -4.09. The molecule has 5 nitrogen and oxygen atoms in total.